The van der Waals surface area contributed by atoms with Crippen molar-refractivity contribution in [2.45, 2.75) is 26.0 Å². The number of nitrogens with zero attached hydrogens (tertiary/aromatic N) is 3. The fourth-order valence-electron chi connectivity index (χ4n) is 3.94. The van der Waals surface area contributed by atoms with E-state index in [2.05, 4.69) is 20.6 Å². The molecule has 1 fully saturated rings. The summed E-state index contributed by atoms with van der Waals surface area (Å²) in [5.74, 6) is -0.636. The standard InChI is InChI=1S/C21H25N7O3S/c1-10-8-28(9-13(22)19(10)30)15-3-4-24-7-14(15)27-21(31)17-18-16(32-20(17)23)5-12(6-25-18)26-11(2)29/h3-7,10,13,19,30H,8-9,22-23H2,1-2H3,(H,26,29)(H,27,31). The van der Waals surface area contributed by atoms with Crippen LogP contribution in [0.1, 0.15) is 24.2 Å². The molecule has 0 aromatic carbocycles. The summed E-state index contributed by atoms with van der Waals surface area (Å²) in [5.41, 5.74) is 14.8. The average molecular weight is 456 g/mol. The lowest BCUT2D eigenvalue weighted by Crippen LogP contribution is -2.55. The number of carbonyl (C=O) groups is 2. The molecule has 0 spiro atoms. The minimum absolute atomic E-state index is 0.0195. The van der Waals surface area contributed by atoms with Crippen LogP contribution in [0.15, 0.2) is 30.7 Å². The van der Waals surface area contributed by atoms with Crippen molar-refractivity contribution in [3.05, 3.63) is 36.3 Å². The number of aromatic nitrogens is 2. The molecular formula is C21H25N7O3S. The largest absolute Gasteiger partial charge is 0.391 e. The zero-order valence-electron chi connectivity index (χ0n) is 17.7. The minimum Gasteiger partial charge on any atom is -0.391 e. The summed E-state index contributed by atoms with van der Waals surface area (Å²) in [5, 5.41) is 16.1. The number of nitrogens with one attached hydrogen (secondary N) is 2. The molecule has 1 aliphatic rings. The number of thiophene rings is 1. The van der Waals surface area contributed by atoms with Gasteiger partial charge in [0.05, 0.1) is 45.8 Å². The Kier molecular flexibility index (Phi) is 5.96. The van der Waals surface area contributed by atoms with Gasteiger partial charge in [0.15, 0.2) is 0 Å². The number of carbonyl (C=O) groups excluding carboxylic acids is 2. The van der Waals surface area contributed by atoms with E-state index in [1.54, 1.807) is 24.5 Å². The van der Waals surface area contributed by atoms with Crippen molar-refractivity contribution in [2.24, 2.45) is 11.7 Å². The zero-order chi connectivity index (χ0) is 23.0. The first kappa shape index (κ1) is 21.9. The van der Waals surface area contributed by atoms with E-state index >= 15 is 0 Å². The number of piperidine rings is 1. The van der Waals surface area contributed by atoms with Crippen molar-refractivity contribution >= 4 is 55.4 Å². The maximum atomic E-state index is 13.2. The van der Waals surface area contributed by atoms with E-state index < -0.39 is 18.1 Å². The van der Waals surface area contributed by atoms with Crippen LogP contribution < -0.4 is 27.0 Å². The van der Waals surface area contributed by atoms with E-state index in [9.17, 15) is 14.7 Å². The number of hydrogen-bond acceptors (Lipinski definition) is 9. The van der Waals surface area contributed by atoms with Crippen molar-refractivity contribution in [2.75, 3.05) is 34.4 Å². The maximum absolute atomic E-state index is 13.2. The molecule has 3 atom stereocenters. The first-order valence-electron chi connectivity index (χ1n) is 10.1. The lowest BCUT2D eigenvalue weighted by molar-refractivity contribution is -0.114. The molecule has 0 saturated carbocycles. The van der Waals surface area contributed by atoms with Gasteiger partial charge in [0.1, 0.15) is 10.6 Å². The SMILES string of the molecule is CC(=O)Nc1cnc2c(C(=O)Nc3cnccc3N3CC(C)C(O)C(N)C3)c(N)sc2c1. The molecule has 0 radical (unpaired) electrons. The molecule has 168 valence electrons. The smallest absolute Gasteiger partial charge is 0.260 e. The third-order valence-corrected chi connectivity index (χ3v) is 6.41. The Morgan fingerprint density at radius 3 is 2.78 bits per heavy atom. The van der Waals surface area contributed by atoms with Gasteiger partial charge in [-0.15, -0.1) is 11.3 Å². The number of pyridine rings is 2. The van der Waals surface area contributed by atoms with Crippen LogP contribution in [0.4, 0.5) is 22.1 Å². The van der Waals surface area contributed by atoms with Gasteiger partial charge in [0.25, 0.3) is 5.91 Å². The summed E-state index contributed by atoms with van der Waals surface area (Å²) in [4.78, 5) is 35.0. The molecule has 32 heavy (non-hydrogen) atoms. The van der Waals surface area contributed by atoms with Crippen LogP contribution in [0.25, 0.3) is 10.2 Å². The van der Waals surface area contributed by atoms with Crippen molar-refractivity contribution in [1.29, 1.82) is 0 Å². The molecule has 10 nitrogen and oxygen atoms in total. The van der Waals surface area contributed by atoms with Crippen molar-refractivity contribution in [3.63, 3.8) is 0 Å². The quantitative estimate of drug-likeness (QED) is 0.397. The third kappa shape index (κ3) is 4.22. The molecule has 4 rings (SSSR count). The Bertz CT molecular complexity index is 1170. The molecule has 0 bridgehead atoms. The Hall–Kier alpha value is -3.28. The van der Waals surface area contributed by atoms with Crippen LogP contribution in [-0.2, 0) is 4.79 Å². The van der Waals surface area contributed by atoms with Gasteiger partial charge in [-0.2, -0.15) is 0 Å². The molecule has 7 N–H and O–H groups in total. The third-order valence-electron chi connectivity index (χ3n) is 5.45. The molecule has 1 aliphatic heterocycles. The van der Waals surface area contributed by atoms with Crippen LogP contribution in [0.2, 0.25) is 0 Å². The minimum atomic E-state index is -0.573. The predicted octanol–water partition coefficient (Wildman–Crippen LogP) is 1.63. The summed E-state index contributed by atoms with van der Waals surface area (Å²) in [6.45, 7) is 4.40. The summed E-state index contributed by atoms with van der Waals surface area (Å²) >= 11 is 1.22. The normalized spacial score (nSPS) is 20.9. The zero-order valence-corrected chi connectivity index (χ0v) is 18.5. The van der Waals surface area contributed by atoms with Crippen LogP contribution in [0.5, 0.6) is 0 Å². The highest BCUT2D eigenvalue weighted by molar-refractivity contribution is 7.23. The molecule has 4 heterocycles. The number of nitrogen functional groups attached to an aromatic ring is 1. The molecule has 0 aliphatic carbocycles. The summed E-state index contributed by atoms with van der Waals surface area (Å²) in [6, 6.07) is 3.15. The number of aliphatic hydroxyl groups excluding tert-OH is 1. The number of aliphatic hydroxyl groups is 1. The van der Waals surface area contributed by atoms with E-state index in [1.807, 2.05) is 11.8 Å². The Balaban J connectivity index is 1.62. The summed E-state index contributed by atoms with van der Waals surface area (Å²) < 4.78 is 0.690. The molecule has 1 saturated heterocycles. The van der Waals surface area contributed by atoms with E-state index in [4.69, 9.17) is 11.5 Å². The number of fused-ring (bicyclic) bond motifs is 1. The van der Waals surface area contributed by atoms with Gasteiger partial charge < -0.3 is 32.1 Å². The van der Waals surface area contributed by atoms with E-state index in [-0.39, 0.29) is 17.4 Å². The first-order chi connectivity index (χ1) is 15.2. The lowest BCUT2D eigenvalue weighted by atomic mass is 9.92. The van der Waals surface area contributed by atoms with E-state index in [0.717, 1.165) is 5.69 Å². The number of anilines is 4. The fourth-order valence-corrected chi connectivity index (χ4v) is 4.91. The molecule has 11 heteroatoms. The molecule has 3 unspecified atom stereocenters. The van der Waals surface area contributed by atoms with E-state index in [0.29, 0.717) is 39.7 Å². The van der Waals surface area contributed by atoms with Gasteiger partial charge in [0, 0.05) is 38.2 Å². The van der Waals surface area contributed by atoms with Gasteiger partial charge in [-0.05, 0) is 12.1 Å². The fraction of sp³-hybridized carbons (Fsp3) is 0.333. The Labute approximate surface area is 188 Å². The highest BCUT2D eigenvalue weighted by atomic mass is 32.1. The average Bonchev–Trinajstić information content (AvgIpc) is 3.06. The van der Waals surface area contributed by atoms with Crippen molar-refractivity contribution in [1.82, 2.24) is 9.97 Å². The number of rotatable bonds is 4. The van der Waals surface area contributed by atoms with Crippen LogP contribution in [-0.4, -0.2) is 52.1 Å². The lowest BCUT2D eigenvalue weighted by Gasteiger charge is -2.40. The van der Waals surface area contributed by atoms with Crippen LogP contribution in [0, 0.1) is 5.92 Å². The van der Waals surface area contributed by atoms with Crippen molar-refractivity contribution in [3.8, 4) is 0 Å². The van der Waals surface area contributed by atoms with Gasteiger partial charge in [-0.3, -0.25) is 19.6 Å². The van der Waals surface area contributed by atoms with Gasteiger partial charge in [-0.25, -0.2) is 0 Å². The highest BCUT2D eigenvalue weighted by Gasteiger charge is 2.32. The Morgan fingerprint density at radius 2 is 2.06 bits per heavy atom. The highest BCUT2D eigenvalue weighted by Crippen LogP contribution is 2.35. The first-order valence-corrected chi connectivity index (χ1v) is 11.0. The van der Waals surface area contributed by atoms with Crippen LogP contribution >= 0.6 is 11.3 Å². The van der Waals surface area contributed by atoms with Crippen LogP contribution in [0.3, 0.4) is 0 Å². The summed E-state index contributed by atoms with van der Waals surface area (Å²) in [7, 11) is 0. The molecular weight excluding hydrogens is 430 g/mol. The van der Waals surface area contributed by atoms with E-state index in [1.165, 1.54) is 24.5 Å². The summed E-state index contributed by atoms with van der Waals surface area (Å²) in [6.07, 6.45) is 4.13. The topological polar surface area (TPSA) is 159 Å². The molecule has 3 aromatic rings. The second kappa shape index (κ2) is 8.69. The maximum Gasteiger partial charge on any atom is 0.260 e. The number of nitrogens with two attached hydrogens (primary N) is 2. The monoisotopic (exact) mass is 455 g/mol. The van der Waals surface area contributed by atoms with Gasteiger partial charge in [0.2, 0.25) is 5.91 Å². The second-order valence-corrected chi connectivity index (χ2v) is 9.06. The number of hydrogen-bond donors (Lipinski definition) is 5. The number of amides is 2. The predicted molar refractivity (Wildman–Crippen MR) is 126 cm³/mol. The second-order valence-electron chi connectivity index (χ2n) is 7.98. The molecule has 3 aromatic heterocycles. The van der Waals surface area contributed by atoms with Gasteiger partial charge in [-0.1, -0.05) is 6.92 Å². The van der Waals surface area contributed by atoms with Crippen molar-refractivity contribution < 1.29 is 14.7 Å². The van der Waals surface area contributed by atoms with Gasteiger partial charge >= 0.3 is 0 Å². The molecule has 2 amide bonds. The Morgan fingerprint density at radius 1 is 1.28 bits per heavy atom.